The van der Waals surface area contributed by atoms with Crippen LogP contribution >= 0.6 is 0 Å². The van der Waals surface area contributed by atoms with E-state index in [0.717, 1.165) is 6.07 Å². The summed E-state index contributed by atoms with van der Waals surface area (Å²) in [4.78, 5) is 11.3. The molecular formula is C12H16O6. The van der Waals surface area contributed by atoms with Crippen LogP contribution in [0.3, 0.4) is 0 Å². The average Bonchev–Trinajstić information content (AvgIpc) is 2.38. The Labute approximate surface area is 104 Å². The van der Waals surface area contributed by atoms with Crippen molar-refractivity contribution in [3.63, 3.8) is 0 Å². The molecule has 6 nitrogen and oxygen atoms in total. The molecule has 0 bridgehead atoms. The molecule has 0 fully saturated rings. The molecule has 0 aromatic heterocycles. The number of aromatic hydroxyl groups is 2. The Morgan fingerprint density at radius 1 is 1.39 bits per heavy atom. The van der Waals surface area contributed by atoms with Crippen LogP contribution in [0.25, 0.3) is 0 Å². The molecular weight excluding hydrogens is 240 g/mol. The maximum absolute atomic E-state index is 11.3. The minimum absolute atomic E-state index is 0.0475. The zero-order valence-electron chi connectivity index (χ0n) is 10.2. The van der Waals surface area contributed by atoms with Gasteiger partial charge in [0.15, 0.2) is 11.5 Å². The molecule has 6 heteroatoms. The molecule has 18 heavy (non-hydrogen) atoms. The van der Waals surface area contributed by atoms with Crippen LogP contribution in [0, 0.1) is 0 Å². The van der Waals surface area contributed by atoms with E-state index >= 15 is 0 Å². The van der Waals surface area contributed by atoms with Crippen molar-refractivity contribution < 1.29 is 29.6 Å². The quantitative estimate of drug-likeness (QED) is 0.538. The van der Waals surface area contributed by atoms with Crippen molar-refractivity contribution in [3.05, 3.63) is 17.7 Å². The highest BCUT2D eigenvalue weighted by atomic mass is 16.5. The molecule has 0 heterocycles. The van der Waals surface area contributed by atoms with Crippen LogP contribution in [-0.2, 0) is 4.74 Å². The van der Waals surface area contributed by atoms with Crippen molar-refractivity contribution in [1.82, 2.24) is 0 Å². The third-order valence-electron chi connectivity index (χ3n) is 2.38. The van der Waals surface area contributed by atoms with E-state index in [1.165, 1.54) is 13.2 Å². The summed E-state index contributed by atoms with van der Waals surface area (Å²) in [6.07, 6.45) is -0.197. The Morgan fingerprint density at radius 3 is 2.61 bits per heavy atom. The zero-order chi connectivity index (χ0) is 13.7. The molecule has 1 unspecified atom stereocenters. The molecule has 1 rings (SSSR count). The first-order valence-electron chi connectivity index (χ1n) is 5.44. The standard InChI is InChI=1S/C12H16O6/c1-3-8(13)6-18-10-5-7(12(16)17-2)4-9(14)11(10)15/h4-5,8,13-15H,3,6H2,1-2H3. The fourth-order valence-electron chi connectivity index (χ4n) is 1.24. The predicted octanol–water partition coefficient (Wildman–Crippen LogP) is 1.03. The number of esters is 1. The largest absolute Gasteiger partial charge is 0.504 e. The minimum Gasteiger partial charge on any atom is -0.504 e. The topological polar surface area (TPSA) is 96.2 Å². The molecule has 0 saturated heterocycles. The third kappa shape index (κ3) is 3.27. The Balaban J connectivity index is 2.95. The number of phenolic OH excluding ortho intramolecular Hbond substituents is 2. The van der Waals surface area contributed by atoms with Crippen LogP contribution in [0.15, 0.2) is 12.1 Å². The number of aliphatic hydroxyl groups excluding tert-OH is 1. The number of hydrogen-bond acceptors (Lipinski definition) is 6. The van der Waals surface area contributed by atoms with Gasteiger partial charge in [0.2, 0.25) is 5.75 Å². The molecule has 0 amide bonds. The van der Waals surface area contributed by atoms with Crippen molar-refractivity contribution in [1.29, 1.82) is 0 Å². The summed E-state index contributed by atoms with van der Waals surface area (Å²) in [6, 6.07) is 2.31. The smallest absolute Gasteiger partial charge is 0.338 e. The maximum Gasteiger partial charge on any atom is 0.338 e. The highest BCUT2D eigenvalue weighted by molar-refractivity contribution is 5.91. The van der Waals surface area contributed by atoms with Crippen molar-refractivity contribution in [2.24, 2.45) is 0 Å². The van der Waals surface area contributed by atoms with E-state index in [9.17, 15) is 20.1 Å². The third-order valence-corrected chi connectivity index (χ3v) is 2.38. The van der Waals surface area contributed by atoms with Gasteiger partial charge in [0.05, 0.1) is 18.8 Å². The van der Waals surface area contributed by atoms with Gasteiger partial charge in [-0.1, -0.05) is 6.92 Å². The number of rotatable bonds is 5. The van der Waals surface area contributed by atoms with Crippen LogP contribution in [0.1, 0.15) is 23.7 Å². The van der Waals surface area contributed by atoms with Gasteiger partial charge < -0.3 is 24.8 Å². The zero-order valence-corrected chi connectivity index (χ0v) is 10.2. The first-order chi connectivity index (χ1) is 8.49. The summed E-state index contributed by atoms with van der Waals surface area (Å²) in [5.74, 6) is -1.71. The van der Waals surface area contributed by atoms with Gasteiger partial charge in [0, 0.05) is 0 Å². The Bertz CT molecular complexity index is 429. The second-order valence-electron chi connectivity index (χ2n) is 3.71. The van der Waals surface area contributed by atoms with Crippen LogP contribution < -0.4 is 4.74 Å². The van der Waals surface area contributed by atoms with Crippen molar-refractivity contribution in [2.75, 3.05) is 13.7 Å². The molecule has 0 spiro atoms. The van der Waals surface area contributed by atoms with Gasteiger partial charge in [-0.05, 0) is 18.6 Å². The summed E-state index contributed by atoms with van der Waals surface area (Å²) in [6.45, 7) is 1.73. The fourth-order valence-corrected chi connectivity index (χ4v) is 1.24. The minimum atomic E-state index is -0.687. The molecule has 0 aliphatic rings. The van der Waals surface area contributed by atoms with Crippen molar-refractivity contribution in [3.8, 4) is 17.2 Å². The molecule has 0 aliphatic carbocycles. The molecule has 0 aliphatic heterocycles. The highest BCUT2D eigenvalue weighted by Crippen LogP contribution is 2.36. The van der Waals surface area contributed by atoms with Crippen LogP contribution in [0.5, 0.6) is 17.2 Å². The van der Waals surface area contributed by atoms with Crippen LogP contribution in [0.4, 0.5) is 0 Å². The van der Waals surface area contributed by atoms with Gasteiger partial charge >= 0.3 is 5.97 Å². The lowest BCUT2D eigenvalue weighted by atomic mass is 10.2. The molecule has 0 radical (unpaired) electrons. The van der Waals surface area contributed by atoms with Gasteiger partial charge in [-0.3, -0.25) is 0 Å². The molecule has 1 atom stereocenters. The summed E-state index contributed by atoms with van der Waals surface area (Å²) >= 11 is 0. The van der Waals surface area contributed by atoms with Crippen molar-refractivity contribution >= 4 is 5.97 Å². The summed E-state index contributed by atoms with van der Waals surface area (Å²) in [7, 11) is 1.20. The normalized spacial score (nSPS) is 11.9. The Hall–Kier alpha value is -1.95. The summed E-state index contributed by atoms with van der Waals surface area (Å²) < 4.78 is 9.63. The Morgan fingerprint density at radius 2 is 2.06 bits per heavy atom. The number of phenols is 2. The fraction of sp³-hybridized carbons (Fsp3) is 0.417. The van der Waals surface area contributed by atoms with Crippen LogP contribution in [-0.4, -0.2) is 41.1 Å². The summed E-state index contributed by atoms with van der Waals surface area (Å²) in [5.41, 5.74) is 0.0498. The number of carbonyl (C=O) groups excluding carboxylic acids is 1. The lowest BCUT2D eigenvalue weighted by Crippen LogP contribution is -2.16. The van der Waals surface area contributed by atoms with E-state index in [1.54, 1.807) is 6.92 Å². The number of hydrogen-bond donors (Lipinski definition) is 3. The van der Waals surface area contributed by atoms with E-state index in [-0.39, 0.29) is 17.9 Å². The predicted molar refractivity (Wildman–Crippen MR) is 62.9 cm³/mol. The van der Waals surface area contributed by atoms with E-state index in [2.05, 4.69) is 4.74 Å². The van der Waals surface area contributed by atoms with Gasteiger partial charge in [0.25, 0.3) is 0 Å². The van der Waals surface area contributed by atoms with Gasteiger partial charge in [-0.15, -0.1) is 0 Å². The molecule has 1 aromatic rings. The number of carbonyl (C=O) groups is 1. The van der Waals surface area contributed by atoms with Crippen molar-refractivity contribution in [2.45, 2.75) is 19.4 Å². The number of methoxy groups -OCH3 is 1. The van der Waals surface area contributed by atoms with Gasteiger partial charge in [0.1, 0.15) is 6.61 Å². The molecule has 100 valence electrons. The molecule has 0 saturated carbocycles. The van der Waals surface area contributed by atoms with Gasteiger partial charge in [-0.25, -0.2) is 4.79 Å². The Kier molecular flexibility index (Phi) is 4.79. The molecule has 3 N–H and O–H groups in total. The first kappa shape index (κ1) is 14.1. The maximum atomic E-state index is 11.3. The second kappa shape index (κ2) is 6.11. The first-order valence-corrected chi connectivity index (χ1v) is 5.44. The number of ether oxygens (including phenoxy) is 2. The average molecular weight is 256 g/mol. The van der Waals surface area contributed by atoms with Crippen LogP contribution in [0.2, 0.25) is 0 Å². The number of benzene rings is 1. The van der Waals surface area contributed by atoms with E-state index in [0.29, 0.717) is 6.42 Å². The number of aliphatic hydroxyl groups is 1. The highest BCUT2D eigenvalue weighted by Gasteiger charge is 2.16. The van der Waals surface area contributed by atoms with E-state index in [1.807, 2.05) is 0 Å². The van der Waals surface area contributed by atoms with E-state index in [4.69, 9.17) is 4.74 Å². The lowest BCUT2D eigenvalue weighted by molar-refractivity contribution is 0.0599. The molecule has 1 aromatic carbocycles. The SMILES string of the molecule is CCC(O)COc1cc(C(=O)OC)cc(O)c1O. The monoisotopic (exact) mass is 256 g/mol. The van der Waals surface area contributed by atoms with Gasteiger partial charge in [-0.2, -0.15) is 0 Å². The summed E-state index contributed by atoms with van der Waals surface area (Å²) in [5, 5.41) is 28.3. The second-order valence-corrected chi connectivity index (χ2v) is 3.71. The van der Waals surface area contributed by atoms with E-state index < -0.39 is 23.6 Å². The lowest BCUT2D eigenvalue weighted by Gasteiger charge is -2.13.